The van der Waals surface area contributed by atoms with E-state index in [-0.39, 0.29) is 34.9 Å². The number of ether oxygens (including phenoxy) is 1. The van der Waals surface area contributed by atoms with Crippen LogP contribution in [0.15, 0.2) is 64.2 Å². The standard InChI is InChI=1S/C31H30N6O4/c1-17-13-21-16-36(17)11-12-37-31(40)23-6-4-5-22(26(23)34-37)27-29(38)32-24-14-20(15-25(41-21)28(24)33-27)18-7-9-19(10-8-18)30(39)35(2)3/h4-10,14-15,17,21,34H,11-13,16H2,1-3H3,(H,32,38)/t17-,21?/m1/s1. The van der Waals surface area contributed by atoms with Gasteiger partial charge in [0.1, 0.15) is 23.1 Å². The van der Waals surface area contributed by atoms with Crippen LogP contribution in [0.2, 0.25) is 0 Å². The normalized spacial score (nSPS) is 19.9. The molecule has 2 aliphatic heterocycles. The van der Waals surface area contributed by atoms with Gasteiger partial charge in [-0.1, -0.05) is 24.3 Å². The van der Waals surface area contributed by atoms with Gasteiger partial charge in [0.15, 0.2) is 0 Å². The van der Waals surface area contributed by atoms with Gasteiger partial charge < -0.3 is 14.6 Å². The molecule has 10 nitrogen and oxygen atoms in total. The summed E-state index contributed by atoms with van der Waals surface area (Å²) >= 11 is 0. The molecule has 10 heteroatoms. The topological polar surface area (TPSA) is 116 Å². The maximum Gasteiger partial charge on any atom is 0.275 e. The van der Waals surface area contributed by atoms with E-state index in [1.807, 2.05) is 24.3 Å². The van der Waals surface area contributed by atoms with E-state index in [9.17, 15) is 14.4 Å². The Morgan fingerprint density at radius 2 is 1.85 bits per heavy atom. The van der Waals surface area contributed by atoms with Gasteiger partial charge in [-0.3, -0.25) is 29.1 Å². The van der Waals surface area contributed by atoms with Gasteiger partial charge in [0.2, 0.25) is 0 Å². The molecule has 3 atom stereocenters. The van der Waals surface area contributed by atoms with Gasteiger partial charge in [0.25, 0.3) is 17.0 Å². The first-order chi connectivity index (χ1) is 19.8. The molecule has 1 saturated heterocycles. The number of para-hydroxylation sites is 1. The van der Waals surface area contributed by atoms with Crippen molar-refractivity contribution < 1.29 is 9.53 Å². The fourth-order valence-corrected chi connectivity index (χ4v) is 6.05. The predicted molar refractivity (Wildman–Crippen MR) is 157 cm³/mol. The highest BCUT2D eigenvalue weighted by Gasteiger charge is 2.31. The average molecular weight is 551 g/mol. The molecule has 5 aromatic rings. The number of rotatable bonds is 2. The highest BCUT2D eigenvalue weighted by Crippen LogP contribution is 2.34. The molecule has 208 valence electrons. The number of carbonyl (C=O) groups is 1. The molecule has 0 radical (unpaired) electrons. The summed E-state index contributed by atoms with van der Waals surface area (Å²) in [6.07, 6.45) is 0.746. The van der Waals surface area contributed by atoms with Crippen molar-refractivity contribution in [3.05, 3.63) is 80.9 Å². The van der Waals surface area contributed by atoms with Crippen molar-refractivity contribution in [2.75, 3.05) is 27.2 Å². The SMILES string of the molecule is C[C@@H]1CC2CN1CCn1[nH]c3c(cccc3c1=O)-c1nc3c(cc(-c4ccc(C(=O)N(C)C)cc4)cc3[nH]c1=O)O2. The summed E-state index contributed by atoms with van der Waals surface area (Å²) in [5.41, 5.74) is 4.32. The zero-order valence-electron chi connectivity index (χ0n) is 23.1. The first-order valence-electron chi connectivity index (χ1n) is 13.8. The number of aromatic nitrogens is 4. The Morgan fingerprint density at radius 3 is 2.63 bits per heavy atom. The summed E-state index contributed by atoms with van der Waals surface area (Å²) < 4.78 is 8.26. The summed E-state index contributed by atoms with van der Waals surface area (Å²) in [4.78, 5) is 50.8. The van der Waals surface area contributed by atoms with Crippen LogP contribution in [0.1, 0.15) is 23.7 Å². The summed E-state index contributed by atoms with van der Waals surface area (Å²) in [5, 5.41) is 3.77. The van der Waals surface area contributed by atoms with Gasteiger partial charge in [-0.2, -0.15) is 0 Å². The molecule has 2 aliphatic rings. The van der Waals surface area contributed by atoms with Crippen LogP contribution in [0.25, 0.3) is 44.3 Å². The lowest BCUT2D eigenvalue weighted by atomic mass is 10.0. The number of carbonyl (C=O) groups excluding carboxylic acids is 1. The molecule has 4 heterocycles. The molecule has 2 aromatic heterocycles. The Bertz CT molecular complexity index is 1950. The highest BCUT2D eigenvalue weighted by molar-refractivity contribution is 5.96. The van der Waals surface area contributed by atoms with E-state index in [2.05, 4.69) is 21.9 Å². The third-order valence-corrected chi connectivity index (χ3v) is 8.25. The first kappa shape index (κ1) is 25.3. The van der Waals surface area contributed by atoms with Crippen LogP contribution in [0.4, 0.5) is 0 Å². The van der Waals surface area contributed by atoms with Crippen LogP contribution < -0.4 is 15.9 Å². The van der Waals surface area contributed by atoms with Crippen molar-refractivity contribution in [3.8, 4) is 28.1 Å². The minimum absolute atomic E-state index is 0.0695. The second-order valence-corrected chi connectivity index (χ2v) is 11.2. The lowest BCUT2D eigenvalue weighted by Crippen LogP contribution is -2.33. The zero-order valence-corrected chi connectivity index (χ0v) is 23.1. The smallest absolute Gasteiger partial charge is 0.275 e. The van der Waals surface area contributed by atoms with Crippen LogP contribution in [-0.4, -0.2) is 74.8 Å². The summed E-state index contributed by atoms with van der Waals surface area (Å²) in [6.45, 7) is 4.08. The first-order valence-corrected chi connectivity index (χ1v) is 13.8. The van der Waals surface area contributed by atoms with Crippen molar-refractivity contribution in [3.63, 3.8) is 0 Å². The van der Waals surface area contributed by atoms with Crippen LogP contribution in [0.3, 0.4) is 0 Å². The van der Waals surface area contributed by atoms with E-state index in [4.69, 9.17) is 9.72 Å². The number of aromatic amines is 2. The van der Waals surface area contributed by atoms with Gasteiger partial charge in [0.05, 0.1) is 23.0 Å². The monoisotopic (exact) mass is 550 g/mol. The summed E-state index contributed by atoms with van der Waals surface area (Å²) in [5.74, 6) is 0.512. The van der Waals surface area contributed by atoms with Crippen molar-refractivity contribution >= 4 is 27.8 Å². The minimum atomic E-state index is -0.360. The lowest BCUT2D eigenvalue weighted by molar-refractivity contribution is 0.0827. The lowest BCUT2D eigenvalue weighted by Gasteiger charge is -2.21. The Balaban J connectivity index is 1.43. The number of hydrogen-bond donors (Lipinski definition) is 2. The van der Waals surface area contributed by atoms with E-state index in [1.54, 1.807) is 54.0 Å². The molecule has 0 saturated carbocycles. The van der Waals surface area contributed by atoms with Crippen LogP contribution >= 0.6 is 0 Å². The molecule has 0 spiro atoms. The van der Waals surface area contributed by atoms with Crippen LogP contribution in [-0.2, 0) is 6.54 Å². The molecule has 41 heavy (non-hydrogen) atoms. The van der Waals surface area contributed by atoms with Crippen molar-refractivity contribution in [2.45, 2.75) is 32.0 Å². The Labute approximate surface area is 235 Å². The number of benzene rings is 3. The largest absolute Gasteiger partial charge is 0.487 e. The quantitative estimate of drug-likeness (QED) is 0.348. The fourth-order valence-electron chi connectivity index (χ4n) is 6.05. The minimum Gasteiger partial charge on any atom is -0.487 e. The summed E-state index contributed by atoms with van der Waals surface area (Å²) in [6, 6.07) is 16.9. The van der Waals surface area contributed by atoms with E-state index in [0.29, 0.717) is 58.4 Å². The van der Waals surface area contributed by atoms with Crippen molar-refractivity contribution in [2.24, 2.45) is 0 Å². The van der Waals surface area contributed by atoms with Gasteiger partial charge in [-0.25, -0.2) is 4.98 Å². The third-order valence-electron chi connectivity index (χ3n) is 8.25. The molecule has 1 fully saturated rings. The Kier molecular flexibility index (Phi) is 5.83. The van der Waals surface area contributed by atoms with E-state index in [1.165, 1.54) is 0 Å². The van der Waals surface area contributed by atoms with Gasteiger partial charge in [0, 0.05) is 50.8 Å². The summed E-state index contributed by atoms with van der Waals surface area (Å²) in [7, 11) is 3.45. The van der Waals surface area contributed by atoms with Crippen molar-refractivity contribution in [1.82, 2.24) is 29.5 Å². The van der Waals surface area contributed by atoms with E-state index in [0.717, 1.165) is 17.5 Å². The van der Waals surface area contributed by atoms with E-state index < -0.39 is 0 Å². The molecule has 2 unspecified atom stereocenters. The van der Waals surface area contributed by atoms with Gasteiger partial charge in [-0.15, -0.1) is 0 Å². The van der Waals surface area contributed by atoms with Gasteiger partial charge >= 0.3 is 0 Å². The number of nitrogens with zero attached hydrogens (tertiary/aromatic N) is 4. The van der Waals surface area contributed by atoms with Crippen LogP contribution in [0, 0.1) is 0 Å². The Hall–Kier alpha value is -4.70. The molecular formula is C31H30N6O4. The molecule has 0 aliphatic carbocycles. The maximum atomic E-state index is 13.5. The molecular weight excluding hydrogens is 520 g/mol. The van der Waals surface area contributed by atoms with E-state index >= 15 is 0 Å². The molecule has 1 amide bonds. The average Bonchev–Trinajstić information content (AvgIpc) is 3.48. The predicted octanol–water partition coefficient (Wildman–Crippen LogP) is 3.46. The number of fused-ring (bicyclic) bond motifs is 5. The fraction of sp³-hybridized carbons (Fsp3) is 0.290. The number of amides is 1. The third kappa shape index (κ3) is 4.22. The molecule has 6 bridgehead atoms. The number of nitrogens with one attached hydrogen (secondary N) is 2. The van der Waals surface area contributed by atoms with Crippen LogP contribution in [0.5, 0.6) is 5.75 Å². The number of hydrogen-bond acceptors (Lipinski definition) is 6. The second-order valence-electron chi connectivity index (χ2n) is 11.2. The molecule has 7 rings (SSSR count). The second kappa shape index (κ2) is 9.45. The molecule has 3 aromatic carbocycles. The maximum absolute atomic E-state index is 13.5. The number of H-pyrrole nitrogens is 2. The van der Waals surface area contributed by atoms with Gasteiger partial charge in [-0.05, 0) is 48.4 Å². The Morgan fingerprint density at radius 1 is 1.05 bits per heavy atom. The zero-order chi connectivity index (χ0) is 28.4. The molecule has 2 N–H and O–H groups in total. The highest BCUT2D eigenvalue weighted by atomic mass is 16.5. The van der Waals surface area contributed by atoms with Crippen molar-refractivity contribution in [1.29, 1.82) is 0 Å².